The van der Waals surface area contributed by atoms with Crippen molar-refractivity contribution in [2.45, 2.75) is 64.8 Å². The fourth-order valence-corrected chi connectivity index (χ4v) is 6.83. The quantitative estimate of drug-likeness (QED) is 0.728. The Bertz CT molecular complexity index is 816. The third-order valence-corrected chi connectivity index (χ3v) is 8.40. The van der Waals surface area contributed by atoms with Gasteiger partial charge < -0.3 is 14.7 Å². The van der Waals surface area contributed by atoms with E-state index in [0.29, 0.717) is 49.2 Å². The van der Waals surface area contributed by atoms with Crippen LogP contribution in [0, 0.1) is 31.6 Å². The van der Waals surface area contributed by atoms with Crippen molar-refractivity contribution in [2.24, 2.45) is 17.8 Å². The molecule has 2 aliphatic heterocycles. The van der Waals surface area contributed by atoms with Crippen molar-refractivity contribution in [3.63, 3.8) is 0 Å². The average Bonchev–Trinajstić information content (AvgIpc) is 2.99. The normalized spacial score (nSPS) is 25.9. The SMILES string of the molecule is Cc1noc(C)c1S(=O)(=O)N1CCC(C(=O)NC(C)CN2CC(C)CC(C)C2)CC1. The van der Waals surface area contributed by atoms with Crippen LogP contribution in [0.1, 0.15) is 51.5 Å². The van der Waals surface area contributed by atoms with Gasteiger partial charge in [-0.15, -0.1) is 0 Å². The van der Waals surface area contributed by atoms with Gasteiger partial charge in [-0.3, -0.25) is 4.79 Å². The Morgan fingerprint density at radius 3 is 2.33 bits per heavy atom. The Hall–Kier alpha value is -1.45. The molecule has 1 aromatic heterocycles. The molecule has 0 spiro atoms. The highest BCUT2D eigenvalue weighted by atomic mass is 32.2. The van der Waals surface area contributed by atoms with E-state index in [9.17, 15) is 13.2 Å². The minimum Gasteiger partial charge on any atom is -0.360 e. The third-order valence-electron chi connectivity index (χ3n) is 6.26. The fraction of sp³-hybridized carbons (Fsp3) is 0.810. The third kappa shape index (κ3) is 5.23. The highest BCUT2D eigenvalue weighted by molar-refractivity contribution is 7.89. The molecule has 0 bridgehead atoms. The summed E-state index contributed by atoms with van der Waals surface area (Å²) in [6, 6.07) is 0.0825. The standard InChI is InChI=1S/C21H36N4O4S/c1-14-10-15(2)12-24(11-14)13-16(3)22-21(26)19-6-8-25(9-7-19)30(27,28)20-17(4)23-29-18(20)5/h14-16,19H,6-13H2,1-5H3,(H,22,26). The number of sulfonamides is 1. The van der Waals surface area contributed by atoms with Gasteiger partial charge in [0.2, 0.25) is 15.9 Å². The smallest absolute Gasteiger partial charge is 0.248 e. The first-order valence-electron chi connectivity index (χ1n) is 11.0. The van der Waals surface area contributed by atoms with Crippen molar-refractivity contribution in [3.05, 3.63) is 11.5 Å². The number of hydrogen-bond donors (Lipinski definition) is 1. The summed E-state index contributed by atoms with van der Waals surface area (Å²) in [6.45, 7) is 13.6. The summed E-state index contributed by atoms with van der Waals surface area (Å²) >= 11 is 0. The Balaban J connectivity index is 1.50. The molecule has 2 fully saturated rings. The number of rotatable bonds is 6. The van der Waals surface area contributed by atoms with Gasteiger partial charge in [-0.1, -0.05) is 19.0 Å². The van der Waals surface area contributed by atoms with Crippen molar-refractivity contribution in [1.29, 1.82) is 0 Å². The van der Waals surface area contributed by atoms with Gasteiger partial charge in [0.1, 0.15) is 10.6 Å². The van der Waals surface area contributed by atoms with E-state index in [1.165, 1.54) is 10.7 Å². The lowest BCUT2D eigenvalue weighted by atomic mass is 9.91. The van der Waals surface area contributed by atoms with E-state index >= 15 is 0 Å². The lowest BCUT2D eigenvalue weighted by Gasteiger charge is -2.37. The fourth-order valence-electron chi connectivity index (χ4n) is 5.07. The van der Waals surface area contributed by atoms with Crippen molar-refractivity contribution in [3.8, 4) is 0 Å². The van der Waals surface area contributed by atoms with Gasteiger partial charge in [-0.05, 0) is 51.9 Å². The molecule has 2 aliphatic rings. The predicted octanol–water partition coefficient (Wildman–Crippen LogP) is 2.17. The van der Waals surface area contributed by atoms with Gasteiger partial charge in [-0.25, -0.2) is 8.42 Å². The van der Waals surface area contributed by atoms with Crippen molar-refractivity contribution >= 4 is 15.9 Å². The van der Waals surface area contributed by atoms with E-state index < -0.39 is 10.0 Å². The minimum atomic E-state index is -3.64. The summed E-state index contributed by atoms with van der Waals surface area (Å²) in [5.41, 5.74) is 0.377. The molecular weight excluding hydrogens is 404 g/mol. The van der Waals surface area contributed by atoms with Crippen LogP contribution >= 0.6 is 0 Å². The molecule has 1 aromatic rings. The number of aryl methyl sites for hydroxylation is 2. The average molecular weight is 441 g/mol. The number of carbonyl (C=O) groups excluding carboxylic acids is 1. The van der Waals surface area contributed by atoms with E-state index in [4.69, 9.17) is 4.52 Å². The predicted molar refractivity (Wildman–Crippen MR) is 114 cm³/mol. The zero-order valence-electron chi connectivity index (χ0n) is 18.8. The second-order valence-corrected chi connectivity index (χ2v) is 11.3. The molecular formula is C21H36N4O4S. The molecule has 0 saturated carbocycles. The van der Waals surface area contributed by atoms with Gasteiger partial charge in [0, 0.05) is 44.7 Å². The lowest BCUT2D eigenvalue weighted by molar-refractivity contribution is -0.126. The first-order chi connectivity index (χ1) is 14.1. The Kier molecular flexibility index (Phi) is 7.24. The van der Waals surface area contributed by atoms with Gasteiger partial charge in [-0.2, -0.15) is 4.31 Å². The zero-order valence-corrected chi connectivity index (χ0v) is 19.7. The molecule has 9 heteroatoms. The largest absolute Gasteiger partial charge is 0.360 e. The molecule has 170 valence electrons. The maximum Gasteiger partial charge on any atom is 0.248 e. The molecule has 3 heterocycles. The molecule has 0 aliphatic carbocycles. The summed E-state index contributed by atoms with van der Waals surface area (Å²) < 4.78 is 32.4. The maximum absolute atomic E-state index is 12.9. The van der Waals surface area contributed by atoms with Crippen LogP contribution in [0.2, 0.25) is 0 Å². The van der Waals surface area contributed by atoms with E-state index in [2.05, 4.69) is 36.1 Å². The molecule has 0 radical (unpaired) electrons. The Labute approximate surface area is 180 Å². The highest BCUT2D eigenvalue weighted by Gasteiger charge is 2.35. The highest BCUT2D eigenvalue weighted by Crippen LogP contribution is 2.28. The van der Waals surface area contributed by atoms with Gasteiger partial charge >= 0.3 is 0 Å². The number of piperidine rings is 2. The van der Waals surface area contributed by atoms with Crippen LogP contribution < -0.4 is 5.32 Å². The molecule has 3 rings (SSSR count). The molecule has 3 atom stereocenters. The number of hydrogen-bond acceptors (Lipinski definition) is 6. The first kappa shape index (κ1) is 23.2. The topological polar surface area (TPSA) is 95.8 Å². The van der Waals surface area contributed by atoms with Gasteiger partial charge in [0.25, 0.3) is 0 Å². The van der Waals surface area contributed by atoms with E-state index in [1.54, 1.807) is 13.8 Å². The summed E-state index contributed by atoms with van der Waals surface area (Å²) in [5.74, 6) is 1.58. The number of amides is 1. The number of nitrogens with one attached hydrogen (secondary N) is 1. The maximum atomic E-state index is 12.9. The van der Waals surface area contributed by atoms with Crippen LogP contribution in [0.25, 0.3) is 0 Å². The van der Waals surface area contributed by atoms with E-state index in [-0.39, 0.29) is 22.8 Å². The molecule has 1 amide bonds. The lowest BCUT2D eigenvalue weighted by Crippen LogP contribution is -2.49. The molecule has 3 unspecified atom stereocenters. The van der Waals surface area contributed by atoms with E-state index in [0.717, 1.165) is 19.6 Å². The molecule has 2 saturated heterocycles. The van der Waals surface area contributed by atoms with Crippen LogP contribution in [-0.2, 0) is 14.8 Å². The second-order valence-electron chi connectivity index (χ2n) is 9.41. The zero-order chi connectivity index (χ0) is 22.1. The van der Waals surface area contributed by atoms with Gasteiger partial charge in [0.05, 0.1) is 0 Å². The van der Waals surface area contributed by atoms with Crippen LogP contribution in [0.15, 0.2) is 9.42 Å². The van der Waals surface area contributed by atoms with E-state index in [1.807, 2.05) is 0 Å². The van der Waals surface area contributed by atoms with Crippen LogP contribution in [0.4, 0.5) is 0 Å². The Morgan fingerprint density at radius 2 is 1.80 bits per heavy atom. The van der Waals surface area contributed by atoms with Gasteiger partial charge in [0.15, 0.2) is 5.76 Å². The van der Waals surface area contributed by atoms with Crippen LogP contribution in [0.3, 0.4) is 0 Å². The summed E-state index contributed by atoms with van der Waals surface area (Å²) in [7, 11) is -3.64. The summed E-state index contributed by atoms with van der Waals surface area (Å²) in [4.78, 5) is 15.4. The minimum absolute atomic E-state index is 0.0370. The molecule has 30 heavy (non-hydrogen) atoms. The second kappa shape index (κ2) is 9.36. The summed E-state index contributed by atoms with van der Waals surface area (Å²) in [5, 5.41) is 6.91. The summed E-state index contributed by atoms with van der Waals surface area (Å²) in [6.07, 6.45) is 2.32. The van der Waals surface area contributed by atoms with Crippen molar-refractivity contribution in [1.82, 2.24) is 19.7 Å². The van der Waals surface area contributed by atoms with Crippen LogP contribution in [-0.4, -0.2) is 67.5 Å². The van der Waals surface area contributed by atoms with Crippen LogP contribution in [0.5, 0.6) is 0 Å². The molecule has 0 aromatic carbocycles. The Morgan fingerprint density at radius 1 is 1.20 bits per heavy atom. The number of aromatic nitrogens is 1. The van der Waals surface area contributed by atoms with Crippen molar-refractivity contribution < 1.29 is 17.7 Å². The first-order valence-corrected chi connectivity index (χ1v) is 12.5. The molecule has 8 nitrogen and oxygen atoms in total. The number of likely N-dealkylation sites (tertiary alicyclic amines) is 1. The van der Waals surface area contributed by atoms with Crippen molar-refractivity contribution in [2.75, 3.05) is 32.7 Å². The number of nitrogens with zero attached hydrogens (tertiary/aromatic N) is 3. The monoisotopic (exact) mass is 440 g/mol. The molecule has 1 N–H and O–H groups in total. The number of carbonyl (C=O) groups is 1.